The number of anilines is 1. The van der Waals surface area contributed by atoms with Crippen LogP contribution in [0.5, 0.6) is 5.75 Å². The molecule has 4 aromatic rings. The number of pyridine rings is 1. The van der Waals surface area contributed by atoms with Gasteiger partial charge in [-0.2, -0.15) is 4.72 Å². The van der Waals surface area contributed by atoms with Crippen molar-refractivity contribution in [2.45, 2.75) is 51.1 Å². The third-order valence-electron chi connectivity index (χ3n) is 7.41. The number of hydrogen-bond acceptors (Lipinski definition) is 9. The lowest BCUT2D eigenvalue weighted by Crippen LogP contribution is -2.49. The number of aromatic nitrogens is 3. The number of aryl methyl sites for hydroxylation is 3. The van der Waals surface area contributed by atoms with Gasteiger partial charge in [-0.1, -0.05) is 6.07 Å². The summed E-state index contributed by atoms with van der Waals surface area (Å²) in [5, 5.41) is 18.3. The largest absolute Gasteiger partial charge is 0.494 e. The van der Waals surface area contributed by atoms with Gasteiger partial charge in [-0.25, -0.2) is 13.4 Å². The Morgan fingerprint density at radius 1 is 1.10 bits per heavy atom. The van der Waals surface area contributed by atoms with Crippen molar-refractivity contribution >= 4 is 44.7 Å². The molecule has 15 nitrogen and oxygen atoms in total. The predicted molar refractivity (Wildman–Crippen MR) is 179 cm³/mol. The van der Waals surface area contributed by atoms with E-state index < -0.39 is 39.9 Å². The summed E-state index contributed by atoms with van der Waals surface area (Å²) in [6, 6.07) is 6.44. The molecule has 256 valence electrons. The zero-order valence-electron chi connectivity index (χ0n) is 27.0. The summed E-state index contributed by atoms with van der Waals surface area (Å²) in [7, 11) is -2.70. The number of nitrogens with zero attached hydrogens (tertiary/aromatic N) is 2. The van der Waals surface area contributed by atoms with Crippen molar-refractivity contribution in [1.82, 2.24) is 29.9 Å². The first-order valence-corrected chi connectivity index (χ1v) is 16.7. The zero-order valence-corrected chi connectivity index (χ0v) is 27.9. The molecule has 16 heteroatoms. The average molecular weight is 682 g/mol. The van der Waals surface area contributed by atoms with Crippen LogP contribution in [0.15, 0.2) is 58.6 Å². The van der Waals surface area contributed by atoms with Gasteiger partial charge in [0, 0.05) is 57.1 Å². The quantitative estimate of drug-likeness (QED) is 0.0946. The van der Waals surface area contributed by atoms with Crippen LogP contribution in [-0.4, -0.2) is 71.6 Å². The van der Waals surface area contributed by atoms with E-state index in [1.54, 1.807) is 56.1 Å². The lowest BCUT2D eigenvalue weighted by molar-refractivity contribution is -0.138. The number of H-pyrrole nitrogens is 1. The molecule has 0 saturated carbocycles. The number of aromatic amines is 1. The summed E-state index contributed by atoms with van der Waals surface area (Å²) in [5.41, 5.74) is 1.28. The molecule has 0 aliphatic carbocycles. The molecule has 2 aromatic carbocycles. The van der Waals surface area contributed by atoms with Gasteiger partial charge in [-0.05, 0) is 68.1 Å². The van der Waals surface area contributed by atoms with Crippen LogP contribution in [0.4, 0.5) is 5.95 Å². The van der Waals surface area contributed by atoms with E-state index in [0.29, 0.717) is 47.9 Å². The number of amides is 2. The number of carboxylic acids is 1. The highest BCUT2D eigenvalue weighted by atomic mass is 32.2. The van der Waals surface area contributed by atoms with Gasteiger partial charge in [0.05, 0.1) is 17.0 Å². The predicted octanol–water partition coefficient (Wildman–Crippen LogP) is 1.95. The minimum Gasteiger partial charge on any atom is -0.494 e. The molecular weight excluding hydrogens is 642 g/mol. The second-order valence-corrected chi connectivity index (χ2v) is 12.8. The van der Waals surface area contributed by atoms with Crippen LogP contribution in [0.3, 0.4) is 0 Å². The van der Waals surface area contributed by atoms with Crippen LogP contribution in [-0.2, 0) is 33.2 Å². The number of fused-ring (bicyclic) bond motifs is 1. The number of benzene rings is 2. The van der Waals surface area contributed by atoms with Gasteiger partial charge in [-0.3, -0.25) is 19.2 Å². The van der Waals surface area contributed by atoms with Crippen molar-refractivity contribution < 1.29 is 32.6 Å². The fraction of sp³-hybridized carbons (Fsp3) is 0.344. The first-order chi connectivity index (χ1) is 22.8. The second-order valence-electron chi connectivity index (χ2n) is 11.1. The maximum Gasteiger partial charge on any atom is 0.323 e. The number of carbonyl (C=O) groups excluding carboxylic acids is 2. The molecule has 2 amide bonds. The van der Waals surface area contributed by atoms with Gasteiger partial charge in [0.2, 0.25) is 21.4 Å². The molecule has 0 spiro atoms. The molecule has 2 aromatic heterocycles. The Balaban J connectivity index is 1.43. The normalized spacial score (nSPS) is 12.0. The minimum atomic E-state index is -4.37. The Labute approximate surface area is 277 Å². The number of ether oxygens (including phenoxy) is 1. The molecule has 0 radical (unpaired) electrons. The van der Waals surface area contributed by atoms with Crippen LogP contribution >= 0.6 is 0 Å². The summed E-state index contributed by atoms with van der Waals surface area (Å²) < 4.78 is 36.2. The van der Waals surface area contributed by atoms with E-state index >= 15 is 0 Å². The first-order valence-electron chi connectivity index (χ1n) is 15.2. The number of hydrogen-bond donors (Lipinski definition) is 6. The molecule has 0 aliphatic rings. The van der Waals surface area contributed by atoms with Crippen molar-refractivity contribution in [3.8, 4) is 5.75 Å². The third kappa shape index (κ3) is 8.77. The Bertz CT molecular complexity index is 1950. The van der Waals surface area contributed by atoms with Gasteiger partial charge >= 0.3 is 5.97 Å². The number of imidazole rings is 1. The first kappa shape index (κ1) is 35.6. The molecule has 0 aliphatic heterocycles. The van der Waals surface area contributed by atoms with Gasteiger partial charge in [0.25, 0.3) is 5.91 Å². The molecule has 0 saturated heterocycles. The standard InChI is InChI=1S/C32H39N7O8S/c1-5-33-27(40)7-6-12-47-22-13-19(2)29(20(3)14-22)48(45,46)38-25(31(43)44)17-36-30(42)24-18-39(4)26-15-21(8-9-23(26)28(24)41)16-37-32-34-10-11-35-32/h8-11,13-15,18,25,38H,5-7,12,16-17H2,1-4H3,(H,33,40)(H,36,42)(H,43,44)(H2,34,35,37)/t25-/m0/s1. The Kier molecular flexibility index (Phi) is 11.6. The highest BCUT2D eigenvalue weighted by Crippen LogP contribution is 2.26. The Hall–Kier alpha value is -5.22. The van der Waals surface area contributed by atoms with E-state index in [1.807, 2.05) is 6.92 Å². The van der Waals surface area contributed by atoms with Gasteiger partial charge in [-0.15, -0.1) is 0 Å². The van der Waals surface area contributed by atoms with Gasteiger partial charge in [0.1, 0.15) is 17.4 Å². The smallest absolute Gasteiger partial charge is 0.323 e. The molecule has 4 rings (SSSR count). The SMILES string of the molecule is CCNC(=O)CCCOc1cc(C)c(S(=O)(=O)N[C@@H](CNC(=O)c2cn(C)c3cc(CNc4ncc[nH]4)ccc3c2=O)C(=O)O)c(C)c1. The highest BCUT2D eigenvalue weighted by molar-refractivity contribution is 7.89. The number of sulfonamides is 1. The van der Waals surface area contributed by atoms with Crippen LogP contribution in [0, 0.1) is 13.8 Å². The number of aliphatic carboxylic acids is 1. The number of rotatable bonds is 16. The summed E-state index contributed by atoms with van der Waals surface area (Å²) >= 11 is 0. The summed E-state index contributed by atoms with van der Waals surface area (Å²) in [6.45, 7) is 5.51. The lowest BCUT2D eigenvalue weighted by Gasteiger charge is -2.19. The van der Waals surface area contributed by atoms with E-state index in [2.05, 4.69) is 30.6 Å². The zero-order chi connectivity index (χ0) is 35.0. The molecule has 0 bridgehead atoms. The maximum absolute atomic E-state index is 13.4. The van der Waals surface area contributed by atoms with Crippen LogP contribution in [0.25, 0.3) is 10.9 Å². The van der Waals surface area contributed by atoms with Crippen molar-refractivity contribution in [1.29, 1.82) is 0 Å². The topological polar surface area (TPSA) is 214 Å². The summed E-state index contributed by atoms with van der Waals surface area (Å²) in [5.74, 6) is -1.47. The number of carboxylic acid groups (broad SMARTS) is 1. The molecule has 0 fully saturated rings. The number of carbonyl (C=O) groups is 3. The highest BCUT2D eigenvalue weighted by Gasteiger charge is 2.29. The van der Waals surface area contributed by atoms with Crippen molar-refractivity contribution in [2.75, 3.05) is 25.0 Å². The van der Waals surface area contributed by atoms with E-state index in [9.17, 15) is 32.7 Å². The van der Waals surface area contributed by atoms with E-state index in [-0.39, 0.29) is 34.8 Å². The van der Waals surface area contributed by atoms with Crippen molar-refractivity contribution in [2.24, 2.45) is 7.05 Å². The van der Waals surface area contributed by atoms with Crippen LogP contribution in [0.1, 0.15) is 46.8 Å². The third-order valence-corrected chi connectivity index (χ3v) is 9.19. The fourth-order valence-electron chi connectivity index (χ4n) is 5.19. The Morgan fingerprint density at radius 3 is 2.48 bits per heavy atom. The minimum absolute atomic E-state index is 0.0884. The van der Waals surface area contributed by atoms with Crippen LogP contribution < -0.4 is 30.8 Å². The monoisotopic (exact) mass is 681 g/mol. The maximum atomic E-state index is 13.4. The Morgan fingerprint density at radius 2 is 1.83 bits per heavy atom. The molecule has 48 heavy (non-hydrogen) atoms. The molecule has 0 unspecified atom stereocenters. The van der Waals surface area contributed by atoms with E-state index in [4.69, 9.17) is 4.74 Å². The van der Waals surface area contributed by atoms with Gasteiger partial charge in [0.15, 0.2) is 5.95 Å². The van der Waals surface area contributed by atoms with Gasteiger partial charge < -0.3 is 35.3 Å². The van der Waals surface area contributed by atoms with E-state index in [0.717, 1.165) is 5.56 Å². The molecule has 2 heterocycles. The lowest BCUT2D eigenvalue weighted by atomic mass is 10.1. The number of nitrogens with one attached hydrogen (secondary N) is 5. The molecule has 1 atom stereocenters. The summed E-state index contributed by atoms with van der Waals surface area (Å²) in [4.78, 5) is 57.0. The second kappa shape index (κ2) is 15.6. The fourth-order valence-corrected chi connectivity index (χ4v) is 6.83. The average Bonchev–Trinajstić information content (AvgIpc) is 3.55. The van der Waals surface area contributed by atoms with Crippen LogP contribution in [0.2, 0.25) is 0 Å². The van der Waals surface area contributed by atoms with E-state index in [1.165, 1.54) is 18.3 Å². The summed E-state index contributed by atoms with van der Waals surface area (Å²) in [6.07, 6.45) is 5.41. The van der Waals surface area contributed by atoms with Crippen molar-refractivity contribution in [3.63, 3.8) is 0 Å². The molecule has 6 N–H and O–H groups in total. The van der Waals surface area contributed by atoms with Crippen molar-refractivity contribution in [3.05, 3.63) is 81.4 Å². The molecular formula is C32H39N7O8S.